The minimum atomic E-state index is -3.78. The zero-order chi connectivity index (χ0) is 29.3. The van der Waals surface area contributed by atoms with E-state index >= 15 is 0 Å². The van der Waals surface area contributed by atoms with E-state index in [-0.39, 0.29) is 10.8 Å². The number of carbonyl (C=O) groups excluding carboxylic acids is 1. The molecular weight excluding hydrogens is 572 g/mol. The largest absolute Gasteiger partial charge is 0.486 e. The van der Waals surface area contributed by atoms with Gasteiger partial charge in [-0.25, -0.2) is 13.4 Å². The van der Waals surface area contributed by atoms with E-state index in [1.54, 1.807) is 17.0 Å². The van der Waals surface area contributed by atoms with Crippen LogP contribution in [0.3, 0.4) is 0 Å². The lowest BCUT2D eigenvalue weighted by Crippen LogP contribution is -2.39. The first-order chi connectivity index (χ1) is 20.4. The number of hydrogen-bond donors (Lipinski definition) is 0. The molecule has 2 aliphatic heterocycles. The monoisotopic (exact) mass is 606 g/mol. The first-order valence-electron chi connectivity index (χ1n) is 14.3. The smallest absolute Gasteiger partial charge is 0.264 e. The predicted molar refractivity (Wildman–Crippen MR) is 166 cm³/mol. The standard InChI is InChI=1S/C31H34N4O5S2/c1-3-33(4-2)16-17-34(31-32-25-20-27-28(21-29(25)41-31)40-19-18-39-27)30(36)23-11-13-24(14-12-23)42(37,38)35-15-7-9-22-8-5-6-10-26(22)35/h5-6,8,10-14,20-21H,3-4,7,9,15-19H2,1-2H3. The van der Waals surface area contributed by atoms with Crippen LogP contribution in [0.15, 0.2) is 65.6 Å². The summed E-state index contributed by atoms with van der Waals surface area (Å²) in [4.78, 5) is 22.9. The number of thiazole rings is 1. The average Bonchev–Trinajstić information content (AvgIpc) is 3.43. The number of fused-ring (bicyclic) bond motifs is 3. The Hall–Kier alpha value is -3.67. The highest BCUT2D eigenvalue weighted by Crippen LogP contribution is 2.39. The van der Waals surface area contributed by atoms with Gasteiger partial charge in [-0.15, -0.1) is 0 Å². The number of para-hydroxylation sites is 1. The van der Waals surface area contributed by atoms with Gasteiger partial charge in [-0.3, -0.25) is 14.0 Å². The molecule has 42 heavy (non-hydrogen) atoms. The molecule has 0 radical (unpaired) electrons. The zero-order valence-electron chi connectivity index (χ0n) is 23.8. The summed E-state index contributed by atoms with van der Waals surface area (Å²) < 4.78 is 41.1. The Kier molecular flexibility index (Phi) is 8.06. The Morgan fingerprint density at radius 2 is 1.69 bits per heavy atom. The molecule has 0 fully saturated rings. The van der Waals surface area contributed by atoms with E-state index < -0.39 is 10.0 Å². The van der Waals surface area contributed by atoms with Crippen LogP contribution in [-0.4, -0.2) is 70.1 Å². The minimum absolute atomic E-state index is 0.163. The Labute approximate surface area is 250 Å². The molecule has 9 nitrogen and oxygen atoms in total. The van der Waals surface area contributed by atoms with E-state index in [9.17, 15) is 13.2 Å². The van der Waals surface area contributed by atoms with Crippen molar-refractivity contribution in [3.8, 4) is 11.5 Å². The van der Waals surface area contributed by atoms with Crippen molar-refractivity contribution in [3.63, 3.8) is 0 Å². The quantitative estimate of drug-likeness (QED) is 0.259. The lowest BCUT2D eigenvalue weighted by molar-refractivity contribution is 0.0983. The molecule has 6 rings (SSSR count). The molecule has 0 spiro atoms. The number of nitrogens with zero attached hydrogens (tertiary/aromatic N) is 4. The highest BCUT2D eigenvalue weighted by Gasteiger charge is 2.30. The number of ether oxygens (including phenoxy) is 2. The normalized spacial score (nSPS) is 14.7. The molecule has 0 saturated heterocycles. The van der Waals surface area contributed by atoms with Crippen molar-refractivity contribution in [3.05, 3.63) is 71.8 Å². The molecule has 3 heterocycles. The second-order valence-corrected chi connectivity index (χ2v) is 13.1. The number of sulfonamides is 1. The highest BCUT2D eigenvalue weighted by molar-refractivity contribution is 7.92. The number of likely N-dealkylation sites (N-methyl/N-ethyl adjacent to an activating group) is 1. The van der Waals surface area contributed by atoms with Crippen LogP contribution in [0.4, 0.5) is 10.8 Å². The molecule has 0 atom stereocenters. The number of amides is 1. The van der Waals surface area contributed by atoms with Crippen LogP contribution in [0, 0.1) is 0 Å². The van der Waals surface area contributed by atoms with Crippen molar-refractivity contribution in [2.45, 2.75) is 31.6 Å². The van der Waals surface area contributed by atoms with Gasteiger partial charge in [-0.1, -0.05) is 43.4 Å². The molecule has 0 N–H and O–H groups in total. The molecule has 1 amide bonds. The topological polar surface area (TPSA) is 92.3 Å². The summed E-state index contributed by atoms with van der Waals surface area (Å²) in [6.45, 7) is 8.45. The van der Waals surface area contributed by atoms with Gasteiger partial charge < -0.3 is 14.4 Å². The number of aromatic nitrogens is 1. The van der Waals surface area contributed by atoms with Crippen LogP contribution < -0.4 is 18.7 Å². The second kappa shape index (κ2) is 11.9. The van der Waals surface area contributed by atoms with E-state index in [1.165, 1.54) is 27.8 Å². The van der Waals surface area contributed by atoms with Crippen LogP contribution >= 0.6 is 11.3 Å². The van der Waals surface area contributed by atoms with Crippen molar-refractivity contribution in [2.75, 3.05) is 55.1 Å². The van der Waals surface area contributed by atoms with Crippen LogP contribution in [0.5, 0.6) is 11.5 Å². The molecule has 3 aromatic carbocycles. The number of hydrogen-bond acceptors (Lipinski definition) is 8. The fourth-order valence-corrected chi connectivity index (χ4v) is 7.98. The highest BCUT2D eigenvalue weighted by atomic mass is 32.2. The number of rotatable bonds is 9. The molecule has 0 aliphatic carbocycles. The van der Waals surface area contributed by atoms with Crippen molar-refractivity contribution in [2.24, 2.45) is 0 Å². The van der Waals surface area contributed by atoms with E-state index in [4.69, 9.17) is 14.5 Å². The summed E-state index contributed by atoms with van der Waals surface area (Å²) in [5, 5.41) is 0.575. The molecule has 1 aromatic heterocycles. The maximum Gasteiger partial charge on any atom is 0.264 e. The molecule has 4 aromatic rings. The van der Waals surface area contributed by atoms with Gasteiger partial charge in [0.25, 0.3) is 15.9 Å². The molecule has 0 unspecified atom stereocenters. The average molecular weight is 607 g/mol. The molecular formula is C31H34N4O5S2. The van der Waals surface area contributed by atoms with Gasteiger partial charge in [0.1, 0.15) is 13.2 Å². The fourth-order valence-electron chi connectivity index (χ4n) is 5.43. The van der Waals surface area contributed by atoms with Crippen molar-refractivity contribution >= 4 is 48.3 Å². The van der Waals surface area contributed by atoms with Gasteiger partial charge in [0.05, 0.1) is 20.8 Å². The summed E-state index contributed by atoms with van der Waals surface area (Å²) in [6.07, 6.45) is 1.62. The van der Waals surface area contributed by atoms with Crippen molar-refractivity contribution in [1.29, 1.82) is 0 Å². The Morgan fingerprint density at radius 1 is 0.976 bits per heavy atom. The molecule has 2 aliphatic rings. The lowest BCUT2D eigenvalue weighted by Gasteiger charge is -2.30. The Morgan fingerprint density at radius 3 is 2.43 bits per heavy atom. The number of benzene rings is 3. The van der Waals surface area contributed by atoms with Gasteiger partial charge in [-0.2, -0.15) is 0 Å². The van der Waals surface area contributed by atoms with E-state index in [1.807, 2.05) is 36.4 Å². The SMILES string of the molecule is CCN(CC)CCN(C(=O)c1ccc(S(=O)(=O)N2CCCc3ccccc32)cc1)c1nc2cc3c(cc2s1)OCCO3. The number of aryl methyl sites for hydroxylation is 1. The second-order valence-electron chi connectivity index (χ2n) is 10.3. The van der Waals surface area contributed by atoms with E-state index in [2.05, 4.69) is 18.7 Å². The predicted octanol–water partition coefficient (Wildman–Crippen LogP) is 5.20. The fraction of sp³-hybridized carbons (Fsp3) is 0.355. The van der Waals surface area contributed by atoms with E-state index in [0.29, 0.717) is 55.0 Å². The van der Waals surface area contributed by atoms with E-state index in [0.717, 1.165) is 47.4 Å². The molecule has 0 bridgehead atoms. The first-order valence-corrected chi connectivity index (χ1v) is 16.6. The number of anilines is 2. The molecule has 0 saturated carbocycles. The summed E-state index contributed by atoms with van der Waals surface area (Å²) >= 11 is 1.43. The Balaban J connectivity index is 1.30. The summed E-state index contributed by atoms with van der Waals surface area (Å²) in [5.41, 5.74) is 2.89. The lowest BCUT2D eigenvalue weighted by atomic mass is 10.0. The van der Waals surface area contributed by atoms with Crippen LogP contribution in [0.25, 0.3) is 10.2 Å². The van der Waals surface area contributed by atoms with Crippen molar-refractivity contribution < 1.29 is 22.7 Å². The number of carbonyl (C=O) groups is 1. The van der Waals surface area contributed by atoms with Gasteiger partial charge in [0.2, 0.25) is 0 Å². The third kappa shape index (κ3) is 5.44. The maximum absolute atomic E-state index is 14.0. The maximum atomic E-state index is 14.0. The molecule has 220 valence electrons. The Bertz CT molecular complexity index is 1660. The third-order valence-electron chi connectivity index (χ3n) is 7.81. The van der Waals surface area contributed by atoms with Crippen LogP contribution in [-0.2, 0) is 16.4 Å². The third-order valence-corrected chi connectivity index (χ3v) is 10.7. The minimum Gasteiger partial charge on any atom is -0.486 e. The van der Waals surface area contributed by atoms with Crippen LogP contribution in [0.2, 0.25) is 0 Å². The summed E-state index contributed by atoms with van der Waals surface area (Å²) in [7, 11) is -3.78. The van der Waals surface area contributed by atoms with Gasteiger partial charge in [-0.05, 0) is 61.8 Å². The van der Waals surface area contributed by atoms with Gasteiger partial charge >= 0.3 is 0 Å². The molecule has 11 heteroatoms. The first kappa shape index (κ1) is 28.4. The van der Waals surface area contributed by atoms with Gasteiger partial charge in [0, 0.05) is 37.3 Å². The zero-order valence-corrected chi connectivity index (χ0v) is 25.4. The summed E-state index contributed by atoms with van der Waals surface area (Å²) in [5.74, 6) is 1.10. The van der Waals surface area contributed by atoms with Crippen LogP contribution in [0.1, 0.15) is 36.2 Å². The van der Waals surface area contributed by atoms with Gasteiger partial charge in [0.15, 0.2) is 16.6 Å². The summed E-state index contributed by atoms with van der Waals surface area (Å²) in [6, 6.07) is 17.7. The van der Waals surface area contributed by atoms with Crippen molar-refractivity contribution in [1.82, 2.24) is 9.88 Å².